The van der Waals surface area contributed by atoms with Gasteiger partial charge in [0.05, 0.1) is 6.10 Å². The molecule has 0 bridgehead atoms. The van der Waals surface area contributed by atoms with Crippen LogP contribution in [0.15, 0.2) is 24.3 Å². The quantitative estimate of drug-likeness (QED) is 0.840. The van der Waals surface area contributed by atoms with Crippen molar-refractivity contribution in [1.29, 1.82) is 0 Å². The van der Waals surface area contributed by atoms with Crippen molar-refractivity contribution in [3.05, 3.63) is 35.6 Å². The molecule has 0 aromatic heterocycles. The number of halogens is 1. The van der Waals surface area contributed by atoms with Crippen molar-refractivity contribution in [3.8, 4) is 0 Å². The van der Waals surface area contributed by atoms with E-state index >= 15 is 0 Å². The zero-order valence-electron chi connectivity index (χ0n) is 12.3. The van der Waals surface area contributed by atoms with Crippen LogP contribution in [0.4, 0.5) is 4.39 Å². The highest BCUT2D eigenvalue weighted by Crippen LogP contribution is 2.31. The number of nitrogens with two attached hydrogens (primary N) is 1. The second kappa shape index (κ2) is 6.66. The Morgan fingerprint density at radius 3 is 2.70 bits per heavy atom. The van der Waals surface area contributed by atoms with Crippen LogP contribution in [0.3, 0.4) is 0 Å². The molecule has 2 unspecified atom stereocenters. The molecule has 20 heavy (non-hydrogen) atoms. The van der Waals surface area contributed by atoms with Crippen LogP contribution in [0.1, 0.15) is 37.8 Å². The molecule has 2 atom stereocenters. The lowest BCUT2D eigenvalue weighted by Crippen LogP contribution is -2.44. The molecule has 0 heterocycles. The van der Waals surface area contributed by atoms with Gasteiger partial charge in [-0.15, -0.1) is 0 Å². The number of hydrogen-bond donors (Lipinski definition) is 2. The van der Waals surface area contributed by atoms with Gasteiger partial charge in [-0.2, -0.15) is 0 Å². The van der Waals surface area contributed by atoms with E-state index in [1.807, 2.05) is 13.1 Å². The third-order valence-electron chi connectivity index (χ3n) is 4.30. The first-order valence-electron chi connectivity index (χ1n) is 7.40. The number of benzene rings is 1. The van der Waals surface area contributed by atoms with Gasteiger partial charge >= 0.3 is 0 Å². The molecule has 1 aliphatic carbocycles. The molecule has 0 amide bonds. The lowest BCUT2D eigenvalue weighted by Gasteiger charge is -2.39. The topological polar surface area (TPSA) is 49.5 Å². The number of likely N-dealkylation sites (N-methyl/N-ethyl adjacent to an activating group) is 1. The Morgan fingerprint density at radius 2 is 2.15 bits per heavy atom. The van der Waals surface area contributed by atoms with Crippen molar-refractivity contribution in [2.45, 2.75) is 44.4 Å². The molecule has 1 aromatic rings. The first-order chi connectivity index (χ1) is 9.51. The van der Waals surface area contributed by atoms with E-state index in [4.69, 9.17) is 5.73 Å². The lowest BCUT2D eigenvalue weighted by molar-refractivity contribution is 0.0197. The first kappa shape index (κ1) is 15.4. The van der Waals surface area contributed by atoms with E-state index in [0.717, 1.165) is 31.4 Å². The van der Waals surface area contributed by atoms with Crippen LogP contribution >= 0.6 is 0 Å². The molecule has 112 valence electrons. The Kier molecular flexibility index (Phi) is 5.13. The number of rotatable bonds is 6. The molecule has 1 aromatic carbocycles. The van der Waals surface area contributed by atoms with Crippen LogP contribution < -0.4 is 5.73 Å². The summed E-state index contributed by atoms with van der Waals surface area (Å²) in [5, 5.41) is 9.39. The molecule has 2 rings (SSSR count). The maximum absolute atomic E-state index is 13.5. The van der Waals surface area contributed by atoms with E-state index < -0.39 is 0 Å². The fourth-order valence-corrected chi connectivity index (χ4v) is 3.11. The molecule has 0 aliphatic heterocycles. The van der Waals surface area contributed by atoms with Gasteiger partial charge in [0.25, 0.3) is 0 Å². The Morgan fingerprint density at radius 1 is 1.45 bits per heavy atom. The summed E-state index contributed by atoms with van der Waals surface area (Å²) in [4.78, 5) is 2.21. The van der Waals surface area contributed by atoms with E-state index in [1.165, 1.54) is 6.07 Å². The van der Waals surface area contributed by atoms with Crippen molar-refractivity contribution < 1.29 is 9.50 Å². The number of aliphatic hydroxyl groups is 1. The summed E-state index contributed by atoms with van der Waals surface area (Å²) in [6.07, 6.45) is 2.43. The SMILES string of the molecule is CCC(N)C(c1cccc(F)c1)N(C)CC1CC(O)C1. The molecule has 4 heteroatoms. The van der Waals surface area contributed by atoms with Crippen LogP contribution in [-0.2, 0) is 0 Å². The zero-order chi connectivity index (χ0) is 14.7. The summed E-state index contributed by atoms with van der Waals surface area (Å²) in [7, 11) is 2.04. The molecular weight excluding hydrogens is 255 g/mol. The molecule has 1 saturated carbocycles. The fourth-order valence-electron chi connectivity index (χ4n) is 3.11. The maximum Gasteiger partial charge on any atom is 0.123 e. The van der Waals surface area contributed by atoms with Gasteiger partial charge in [-0.25, -0.2) is 4.39 Å². The van der Waals surface area contributed by atoms with Gasteiger partial charge in [0.2, 0.25) is 0 Å². The van der Waals surface area contributed by atoms with Crippen molar-refractivity contribution in [2.24, 2.45) is 11.7 Å². The second-order valence-electron chi connectivity index (χ2n) is 6.00. The van der Waals surface area contributed by atoms with Crippen molar-refractivity contribution in [3.63, 3.8) is 0 Å². The third kappa shape index (κ3) is 3.57. The van der Waals surface area contributed by atoms with Crippen LogP contribution in [0.2, 0.25) is 0 Å². The highest BCUT2D eigenvalue weighted by Gasteiger charge is 2.31. The van der Waals surface area contributed by atoms with Gasteiger partial charge in [0, 0.05) is 18.6 Å². The number of hydrogen-bond acceptors (Lipinski definition) is 3. The summed E-state index contributed by atoms with van der Waals surface area (Å²) >= 11 is 0. The smallest absolute Gasteiger partial charge is 0.123 e. The predicted octanol–water partition coefficient (Wildman–Crippen LogP) is 2.31. The van der Waals surface area contributed by atoms with E-state index in [0.29, 0.717) is 5.92 Å². The summed E-state index contributed by atoms with van der Waals surface area (Å²) in [6, 6.07) is 6.71. The molecule has 0 spiro atoms. The van der Waals surface area contributed by atoms with E-state index in [9.17, 15) is 9.50 Å². The monoisotopic (exact) mass is 280 g/mol. The molecule has 3 nitrogen and oxygen atoms in total. The Hall–Kier alpha value is -0.970. The maximum atomic E-state index is 13.5. The fraction of sp³-hybridized carbons (Fsp3) is 0.625. The van der Waals surface area contributed by atoms with Gasteiger partial charge in [0.1, 0.15) is 5.82 Å². The van der Waals surface area contributed by atoms with Crippen LogP contribution in [0.5, 0.6) is 0 Å². The van der Waals surface area contributed by atoms with Gasteiger partial charge in [0.15, 0.2) is 0 Å². The van der Waals surface area contributed by atoms with Gasteiger partial charge < -0.3 is 10.8 Å². The summed E-state index contributed by atoms with van der Waals surface area (Å²) in [5.41, 5.74) is 7.18. The standard InChI is InChI=1S/C16H25FN2O/c1-3-15(18)16(12-5-4-6-13(17)9-12)19(2)10-11-7-14(20)8-11/h4-6,9,11,14-16,20H,3,7-8,10,18H2,1-2H3. The number of nitrogens with zero attached hydrogens (tertiary/aromatic N) is 1. The Balaban J connectivity index is 2.10. The Labute approximate surface area is 120 Å². The average Bonchev–Trinajstić information content (AvgIpc) is 2.37. The second-order valence-corrected chi connectivity index (χ2v) is 6.00. The van der Waals surface area contributed by atoms with Gasteiger partial charge in [-0.3, -0.25) is 4.90 Å². The molecule has 1 aliphatic rings. The molecule has 0 saturated heterocycles. The molecular formula is C16H25FN2O. The molecule has 3 N–H and O–H groups in total. The van der Waals surface area contributed by atoms with Crippen LogP contribution in [0.25, 0.3) is 0 Å². The first-order valence-corrected chi connectivity index (χ1v) is 7.40. The van der Waals surface area contributed by atoms with Crippen molar-refractivity contribution in [1.82, 2.24) is 4.90 Å². The summed E-state index contributed by atoms with van der Waals surface area (Å²) in [5.74, 6) is 0.304. The van der Waals surface area contributed by atoms with Gasteiger partial charge in [-0.05, 0) is 49.9 Å². The predicted molar refractivity (Wildman–Crippen MR) is 78.8 cm³/mol. The van der Waals surface area contributed by atoms with Crippen molar-refractivity contribution in [2.75, 3.05) is 13.6 Å². The minimum absolute atomic E-state index is 0.0215. The summed E-state index contributed by atoms with van der Waals surface area (Å²) < 4.78 is 13.5. The van der Waals surface area contributed by atoms with Crippen molar-refractivity contribution >= 4 is 0 Å². The van der Waals surface area contributed by atoms with E-state index in [1.54, 1.807) is 12.1 Å². The van der Waals surface area contributed by atoms with Gasteiger partial charge in [-0.1, -0.05) is 19.1 Å². The Bertz CT molecular complexity index is 434. The molecule has 0 radical (unpaired) electrons. The lowest BCUT2D eigenvalue weighted by atomic mass is 9.81. The zero-order valence-corrected chi connectivity index (χ0v) is 12.3. The number of aliphatic hydroxyl groups excluding tert-OH is 1. The van der Waals surface area contributed by atoms with E-state index in [2.05, 4.69) is 11.8 Å². The minimum atomic E-state index is -0.219. The minimum Gasteiger partial charge on any atom is -0.393 e. The third-order valence-corrected chi connectivity index (χ3v) is 4.30. The van der Waals surface area contributed by atoms with Crippen LogP contribution in [-0.4, -0.2) is 35.7 Å². The largest absolute Gasteiger partial charge is 0.393 e. The average molecular weight is 280 g/mol. The molecule has 1 fully saturated rings. The highest BCUT2D eigenvalue weighted by atomic mass is 19.1. The summed E-state index contributed by atoms with van der Waals surface area (Å²) in [6.45, 7) is 2.95. The normalized spacial score (nSPS) is 25.3. The highest BCUT2D eigenvalue weighted by molar-refractivity contribution is 5.22. The van der Waals surface area contributed by atoms with E-state index in [-0.39, 0.29) is 24.0 Å². The van der Waals surface area contributed by atoms with Crippen LogP contribution in [0, 0.1) is 11.7 Å².